The molecule has 0 aliphatic carbocycles. The fourth-order valence-electron chi connectivity index (χ4n) is 1.95. The molecule has 1 heterocycles. The largest absolute Gasteiger partial charge is 0.394 e. The zero-order valence-corrected chi connectivity index (χ0v) is 13.5. The number of anilines is 3. The van der Waals surface area contributed by atoms with Gasteiger partial charge in [-0.15, -0.1) is 0 Å². The zero-order chi connectivity index (χ0) is 14.9. The number of nitrogens with zero attached hydrogens (tertiary/aromatic N) is 2. The van der Waals surface area contributed by atoms with Gasteiger partial charge in [-0.2, -0.15) is 5.10 Å². The third-order valence-corrected chi connectivity index (χ3v) is 3.82. The van der Waals surface area contributed by atoms with E-state index in [1.807, 2.05) is 0 Å². The topological polar surface area (TPSA) is 55.9 Å². The van der Waals surface area contributed by atoms with Crippen LogP contribution in [0.1, 0.15) is 19.0 Å². The summed E-state index contributed by atoms with van der Waals surface area (Å²) in [7, 11) is 1.79. The first kappa shape index (κ1) is 15.1. The van der Waals surface area contributed by atoms with Gasteiger partial charge in [-0.3, -0.25) is 4.68 Å². The van der Waals surface area contributed by atoms with Crippen LogP contribution in [-0.2, 0) is 13.5 Å². The van der Waals surface area contributed by atoms with E-state index in [0.717, 1.165) is 18.5 Å². The van der Waals surface area contributed by atoms with Crippen LogP contribution < -0.4 is 11.1 Å². The average Bonchev–Trinajstić information content (AvgIpc) is 2.61. The molecule has 0 amide bonds. The molecule has 108 valence electrons. The van der Waals surface area contributed by atoms with Crippen LogP contribution in [0.3, 0.4) is 0 Å². The molecule has 2 aromatic rings. The fourth-order valence-corrected chi connectivity index (χ4v) is 2.84. The molecular weight excluding hydrogens is 347 g/mol. The maximum Gasteiger partial charge on any atom is 0.152 e. The summed E-state index contributed by atoms with van der Waals surface area (Å²) in [6.07, 6.45) is 1.77. The van der Waals surface area contributed by atoms with Gasteiger partial charge in [0.15, 0.2) is 5.82 Å². The Balaban J connectivity index is 2.40. The van der Waals surface area contributed by atoms with Crippen LogP contribution in [0.5, 0.6) is 0 Å². The van der Waals surface area contributed by atoms with Gasteiger partial charge in [-0.05, 0) is 34.5 Å². The Hall–Kier alpha value is -1.27. The summed E-state index contributed by atoms with van der Waals surface area (Å²) in [5.74, 6) is 0.236. The SMILES string of the molecule is CCCc1nn(C)c(Nc2c(Cl)cc(F)cc2Br)c1N. The molecule has 0 atom stereocenters. The first-order chi connectivity index (χ1) is 9.43. The van der Waals surface area contributed by atoms with Crippen LogP contribution in [0, 0.1) is 5.82 Å². The first-order valence-corrected chi connectivity index (χ1v) is 7.34. The van der Waals surface area contributed by atoms with Crippen molar-refractivity contribution in [2.24, 2.45) is 7.05 Å². The summed E-state index contributed by atoms with van der Waals surface area (Å²) >= 11 is 9.34. The van der Waals surface area contributed by atoms with Crippen molar-refractivity contribution >= 4 is 44.7 Å². The Kier molecular flexibility index (Phi) is 4.55. The Labute approximate surface area is 130 Å². The highest BCUT2D eigenvalue weighted by molar-refractivity contribution is 9.10. The molecule has 0 aliphatic heterocycles. The lowest BCUT2D eigenvalue weighted by molar-refractivity contribution is 0.627. The zero-order valence-electron chi connectivity index (χ0n) is 11.2. The highest BCUT2D eigenvalue weighted by atomic mass is 79.9. The number of nitrogens with two attached hydrogens (primary N) is 1. The standard InChI is InChI=1S/C13H15BrClFN4/c1-3-4-10-11(17)13(20(2)19-10)18-12-8(14)5-7(16)6-9(12)15/h5-6,18H,3-4,17H2,1-2H3. The molecule has 0 aliphatic rings. The molecule has 0 saturated carbocycles. The fraction of sp³-hybridized carbons (Fsp3) is 0.308. The van der Waals surface area contributed by atoms with E-state index in [2.05, 4.69) is 33.3 Å². The predicted octanol–water partition coefficient (Wildman–Crippen LogP) is 4.25. The average molecular weight is 362 g/mol. The van der Waals surface area contributed by atoms with E-state index in [0.29, 0.717) is 21.7 Å². The first-order valence-electron chi connectivity index (χ1n) is 6.17. The number of rotatable bonds is 4. The normalized spacial score (nSPS) is 10.8. The van der Waals surface area contributed by atoms with E-state index in [4.69, 9.17) is 17.3 Å². The summed E-state index contributed by atoms with van der Waals surface area (Å²) in [6, 6.07) is 2.59. The van der Waals surface area contributed by atoms with Gasteiger partial charge in [0.25, 0.3) is 0 Å². The number of aryl methyl sites for hydroxylation is 2. The van der Waals surface area contributed by atoms with Crippen molar-refractivity contribution in [2.45, 2.75) is 19.8 Å². The van der Waals surface area contributed by atoms with Gasteiger partial charge in [0.05, 0.1) is 22.1 Å². The van der Waals surface area contributed by atoms with Gasteiger partial charge in [0.2, 0.25) is 0 Å². The van der Waals surface area contributed by atoms with E-state index in [1.165, 1.54) is 12.1 Å². The molecule has 4 nitrogen and oxygen atoms in total. The summed E-state index contributed by atoms with van der Waals surface area (Å²) in [5, 5.41) is 7.76. The maximum absolute atomic E-state index is 13.2. The van der Waals surface area contributed by atoms with Crippen LogP contribution >= 0.6 is 27.5 Å². The van der Waals surface area contributed by atoms with Crippen LogP contribution in [0.25, 0.3) is 0 Å². The minimum absolute atomic E-state index is 0.273. The molecule has 3 N–H and O–H groups in total. The highest BCUT2D eigenvalue weighted by Crippen LogP contribution is 2.36. The summed E-state index contributed by atoms with van der Waals surface area (Å²) < 4.78 is 15.4. The second-order valence-electron chi connectivity index (χ2n) is 4.45. The summed E-state index contributed by atoms with van der Waals surface area (Å²) in [5.41, 5.74) is 8.08. The van der Waals surface area contributed by atoms with Gasteiger partial charge in [0, 0.05) is 11.5 Å². The quantitative estimate of drug-likeness (QED) is 0.856. The van der Waals surface area contributed by atoms with Gasteiger partial charge < -0.3 is 11.1 Å². The number of nitrogens with one attached hydrogen (secondary N) is 1. The van der Waals surface area contributed by atoms with Crippen LogP contribution in [0.4, 0.5) is 21.6 Å². The molecule has 2 rings (SSSR count). The van der Waals surface area contributed by atoms with Gasteiger partial charge in [-0.1, -0.05) is 24.9 Å². The van der Waals surface area contributed by atoms with Gasteiger partial charge in [0.1, 0.15) is 5.82 Å². The van der Waals surface area contributed by atoms with Crippen molar-refractivity contribution in [1.82, 2.24) is 9.78 Å². The number of hydrogen-bond donors (Lipinski definition) is 2. The van der Waals surface area contributed by atoms with E-state index in [1.54, 1.807) is 11.7 Å². The number of hydrogen-bond acceptors (Lipinski definition) is 3. The van der Waals surface area contributed by atoms with Gasteiger partial charge >= 0.3 is 0 Å². The minimum Gasteiger partial charge on any atom is -0.394 e. The molecule has 0 unspecified atom stereocenters. The molecule has 7 heteroatoms. The molecule has 0 bridgehead atoms. The van der Waals surface area contributed by atoms with E-state index < -0.39 is 5.82 Å². The Morgan fingerprint density at radius 2 is 2.20 bits per heavy atom. The highest BCUT2D eigenvalue weighted by Gasteiger charge is 2.16. The molecule has 0 fully saturated rings. The van der Waals surface area contributed by atoms with E-state index in [9.17, 15) is 4.39 Å². The molecule has 20 heavy (non-hydrogen) atoms. The second kappa shape index (κ2) is 6.01. The predicted molar refractivity (Wildman–Crippen MR) is 84.0 cm³/mol. The summed E-state index contributed by atoms with van der Waals surface area (Å²) in [4.78, 5) is 0. The van der Waals surface area contributed by atoms with Crippen molar-refractivity contribution in [1.29, 1.82) is 0 Å². The van der Waals surface area contributed by atoms with E-state index in [-0.39, 0.29) is 5.02 Å². The van der Waals surface area contributed by atoms with Crippen molar-refractivity contribution in [3.05, 3.63) is 33.1 Å². The lowest BCUT2D eigenvalue weighted by Crippen LogP contribution is -2.02. The van der Waals surface area contributed by atoms with Crippen LogP contribution in [-0.4, -0.2) is 9.78 Å². The van der Waals surface area contributed by atoms with Crippen LogP contribution in [0.2, 0.25) is 5.02 Å². The Morgan fingerprint density at radius 3 is 2.80 bits per heavy atom. The molecule has 1 aromatic carbocycles. The smallest absolute Gasteiger partial charge is 0.152 e. The van der Waals surface area contributed by atoms with Crippen molar-refractivity contribution in [3.8, 4) is 0 Å². The number of benzene rings is 1. The number of halogens is 3. The lowest BCUT2D eigenvalue weighted by Gasteiger charge is -2.11. The third-order valence-electron chi connectivity index (χ3n) is 2.90. The Bertz CT molecular complexity index is 619. The second-order valence-corrected chi connectivity index (χ2v) is 5.71. The van der Waals surface area contributed by atoms with Crippen molar-refractivity contribution in [3.63, 3.8) is 0 Å². The van der Waals surface area contributed by atoms with E-state index >= 15 is 0 Å². The molecule has 0 spiro atoms. The molecule has 0 saturated heterocycles. The van der Waals surface area contributed by atoms with Gasteiger partial charge in [-0.25, -0.2) is 4.39 Å². The maximum atomic E-state index is 13.2. The summed E-state index contributed by atoms with van der Waals surface area (Å²) in [6.45, 7) is 2.06. The molecule has 0 radical (unpaired) electrons. The lowest BCUT2D eigenvalue weighted by atomic mass is 10.2. The molecular formula is C13H15BrClFN4. The monoisotopic (exact) mass is 360 g/mol. The van der Waals surface area contributed by atoms with Crippen LogP contribution in [0.15, 0.2) is 16.6 Å². The van der Waals surface area contributed by atoms with Crippen molar-refractivity contribution < 1.29 is 4.39 Å². The number of aromatic nitrogens is 2. The molecule has 1 aromatic heterocycles. The Morgan fingerprint density at radius 1 is 1.50 bits per heavy atom. The third kappa shape index (κ3) is 2.91. The van der Waals surface area contributed by atoms with Crippen molar-refractivity contribution in [2.75, 3.05) is 11.1 Å². The minimum atomic E-state index is -0.405. The number of nitrogen functional groups attached to an aromatic ring is 1.